The van der Waals surface area contributed by atoms with E-state index in [2.05, 4.69) is 23.2 Å². The Kier molecular flexibility index (Phi) is 5.44. The molecule has 1 N–H and O–H groups in total. The zero-order valence-corrected chi connectivity index (χ0v) is 15.9. The van der Waals surface area contributed by atoms with Crippen LogP contribution in [0.2, 0.25) is 0 Å². The molecular weight excluding hydrogens is 336 g/mol. The normalized spacial score (nSPS) is 25.0. The molecule has 0 saturated carbocycles. The zero-order chi connectivity index (χ0) is 18.6. The van der Waals surface area contributed by atoms with Crippen LogP contribution < -0.4 is 5.32 Å². The van der Waals surface area contributed by atoms with Crippen LogP contribution in [0.3, 0.4) is 0 Å². The van der Waals surface area contributed by atoms with Crippen molar-refractivity contribution < 1.29 is 9.53 Å². The minimum Gasteiger partial charge on any atom is -0.459 e. The number of anilines is 1. The first kappa shape index (κ1) is 18.1. The third-order valence-corrected chi connectivity index (χ3v) is 5.93. The number of esters is 1. The number of piperidine rings is 3. The van der Waals surface area contributed by atoms with Crippen molar-refractivity contribution in [2.75, 3.05) is 25.0 Å². The number of nitrogens with zero attached hydrogens (tertiary/aromatic N) is 1. The van der Waals surface area contributed by atoms with Crippen molar-refractivity contribution >= 4 is 11.7 Å². The second-order valence-corrected chi connectivity index (χ2v) is 7.61. The average molecular weight is 364 g/mol. The molecule has 2 atom stereocenters. The fourth-order valence-corrected chi connectivity index (χ4v) is 4.31. The average Bonchev–Trinajstić information content (AvgIpc) is 2.73. The molecule has 0 spiro atoms. The monoisotopic (exact) mass is 364 g/mol. The standard InChI is InChI=1S/C23H28N2O2/c1-2-17-8-6-7-11-20(17)24-22(19-9-4-3-5-10-19)23(26)27-21-16-25-14-12-18(21)13-15-25/h3-11,18,21-22,24H,2,12-16H2,1H3/t21-,22?/m0/s1. The third kappa shape index (κ3) is 4.01. The Hall–Kier alpha value is -2.33. The smallest absolute Gasteiger partial charge is 0.333 e. The highest BCUT2D eigenvalue weighted by molar-refractivity contribution is 5.81. The van der Waals surface area contributed by atoms with Crippen LogP contribution in [-0.2, 0) is 16.0 Å². The van der Waals surface area contributed by atoms with E-state index in [4.69, 9.17) is 4.74 Å². The number of aryl methyl sites for hydroxylation is 1. The van der Waals surface area contributed by atoms with E-state index >= 15 is 0 Å². The molecule has 3 heterocycles. The van der Waals surface area contributed by atoms with Crippen LogP contribution in [0.1, 0.15) is 36.9 Å². The molecular formula is C23H28N2O2. The number of ether oxygens (including phenoxy) is 1. The summed E-state index contributed by atoms with van der Waals surface area (Å²) in [4.78, 5) is 15.6. The molecule has 0 amide bonds. The first-order valence-electron chi connectivity index (χ1n) is 10.1. The molecule has 3 fully saturated rings. The van der Waals surface area contributed by atoms with Gasteiger partial charge in [-0.1, -0.05) is 55.5 Å². The third-order valence-electron chi connectivity index (χ3n) is 5.93. The van der Waals surface area contributed by atoms with Gasteiger partial charge in [0.05, 0.1) is 0 Å². The van der Waals surface area contributed by atoms with Crippen molar-refractivity contribution in [2.24, 2.45) is 5.92 Å². The lowest BCUT2D eigenvalue weighted by Gasteiger charge is -2.44. The Labute approximate surface area is 161 Å². The first-order chi connectivity index (χ1) is 13.2. The molecule has 0 radical (unpaired) electrons. The summed E-state index contributed by atoms with van der Waals surface area (Å²) in [6.45, 7) is 5.29. The van der Waals surface area contributed by atoms with E-state index in [1.54, 1.807) is 0 Å². The summed E-state index contributed by atoms with van der Waals surface area (Å²) < 4.78 is 6.04. The largest absolute Gasteiger partial charge is 0.459 e. The number of rotatable bonds is 6. The van der Waals surface area contributed by atoms with Gasteiger partial charge in [-0.25, -0.2) is 4.79 Å². The molecule has 0 aliphatic carbocycles. The molecule has 3 aliphatic rings. The van der Waals surface area contributed by atoms with Crippen molar-refractivity contribution in [3.05, 3.63) is 65.7 Å². The van der Waals surface area contributed by atoms with E-state index in [0.717, 1.165) is 50.1 Å². The quantitative estimate of drug-likeness (QED) is 0.786. The molecule has 3 aliphatic heterocycles. The summed E-state index contributed by atoms with van der Waals surface area (Å²) in [7, 11) is 0. The zero-order valence-electron chi connectivity index (χ0n) is 15.9. The number of para-hydroxylation sites is 1. The van der Waals surface area contributed by atoms with E-state index in [-0.39, 0.29) is 12.1 Å². The van der Waals surface area contributed by atoms with Gasteiger partial charge in [0.15, 0.2) is 6.04 Å². The molecule has 2 aromatic carbocycles. The Bertz CT molecular complexity index is 769. The molecule has 5 rings (SSSR count). The summed E-state index contributed by atoms with van der Waals surface area (Å²) >= 11 is 0. The van der Waals surface area contributed by atoms with Gasteiger partial charge in [0.1, 0.15) is 6.10 Å². The van der Waals surface area contributed by atoms with Crippen molar-refractivity contribution in [3.8, 4) is 0 Å². The van der Waals surface area contributed by atoms with Gasteiger partial charge < -0.3 is 10.1 Å². The summed E-state index contributed by atoms with van der Waals surface area (Å²) in [5.41, 5.74) is 3.14. The van der Waals surface area contributed by atoms with E-state index in [9.17, 15) is 4.79 Å². The fraction of sp³-hybridized carbons (Fsp3) is 0.435. The highest BCUT2D eigenvalue weighted by Crippen LogP contribution is 2.31. The molecule has 2 bridgehead atoms. The lowest BCUT2D eigenvalue weighted by Crippen LogP contribution is -2.52. The predicted molar refractivity (Wildman–Crippen MR) is 108 cm³/mol. The number of hydrogen-bond donors (Lipinski definition) is 1. The van der Waals surface area contributed by atoms with E-state index in [1.165, 1.54) is 5.56 Å². The summed E-state index contributed by atoms with van der Waals surface area (Å²) in [5, 5.41) is 3.46. The number of fused-ring (bicyclic) bond motifs is 3. The van der Waals surface area contributed by atoms with Crippen LogP contribution in [0.25, 0.3) is 0 Å². The molecule has 3 saturated heterocycles. The summed E-state index contributed by atoms with van der Waals surface area (Å²) in [6.07, 6.45) is 3.22. The van der Waals surface area contributed by atoms with Gasteiger partial charge in [0.25, 0.3) is 0 Å². The van der Waals surface area contributed by atoms with Crippen LogP contribution in [-0.4, -0.2) is 36.6 Å². The second-order valence-electron chi connectivity index (χ2n) is 7.61. The number of benzene rings is 2. The maximum Gasteiger partial charge on any atom is 0.333 e. The van der Waals surface area contributed by atoms with Crippen LogP contribution in [0.5, 0.6) is 0 Å². The first-order valence-corrected chi connectivity index (χ1v) is 10.1. The highest BCUT2D eigenvalue weighted by atomic mass is 16.5. The van der Waals surface area contributed by atoms with E-state index in [1.807, 2.05) is 48.5 Å². The minimum atomic E-state index is -0.491. The summed E-state index contributed by atoms with van der Waals surface area (Å²) in [6, 6.07) is 17.6. The molecule has 4 nitrogen and oxygen atoms in total. The minimum absolute atomic E-state index is 0.0226. The van der Waals surface area contributed by atoms with Crippen molar-refractivity contribution in [2.45, 2.75) is 38.3 Å². The van der Waals surface area contributed by atoms with Gasteiger partial charge in [0, 0.05) is 12.2 Å². The number of nitrogens with one attached hydrogen (secondary N) is 1. The van der Waals surface area contributed by atoms with Crippen LogP contribution in [0.15, 0.2) is 54.6 Å². The Morgan fingerprint density at radius 1 is 1.11 bits per heavy atom. The van der Waals surface area contributed by atoms with Gasteiger partial charge in [-0.3, -0.25) is 4.90 Å². The van der Waals surface area contributed by atoms with Crippen molar-refractivity contribution in [1.82, 2.24) is 4.90 Å². The highest BCUT2D eigenvalue weighted by Gasteiger charge is 2.37. The molecule has 1 unspecified atom stereocenters. The maximum atomic E-state index is 13.2. The second kappa shape index (κ2) is 8.13. The molecule has 2 aromatic rings. The Morgan fingerprint density at radius 2 is 1.81 bits per heavy atom. The Morgan fingerprint density at radius 3 is 2.48 bits per heavy atom. The molecule has 4 heteroatoms. The van der Waals surface area contributed by atoms with Gasteiger partial charge >= 0.3 is 5.97 Å². The number of hydrogen-bond acceptors (Lipinski definition) is 4. The van der Waals surface area contributed by atoms with Crippen LogP contribution in [0, 0.1) is 5.92 Å². The molecule has 0 aromatic heterocycles. The number of carbonyl (C=O) groups excluding carboxylic acids is 1. The van der Waals surface area contributed by atoms with E-state index < -0.39 is 6.04 Å². The van der Waals surface area contributed by atoms with E-state index in [0.29, 0.717) is 5.92 Å². The van der Waals surface area contributed by atoms with Gasteiger partial charge in [-0.05, 0) is 55.5 Å². The maximum absolute atomic E-state index is 13.2. The lowest BCUT2D eigenvalue weighted by atomic mass is 9.86. The van der Waals surface area contributed by atoms with Gasteiger partial charge in [-0.15, -0.1) is 0 Å². The number of carbonyl (C=O) groups is 1. The molecule has 142 valence electrons. The predicted octanol–water partition coefficient (Wildman–Crippen LogP) is 4.04. The fourth-order valence-electron chi connectivity index (χ4n) is 4.31. The van der Waals surface area contributed by atoms with Crippen molar-refractivity contribution in [1.29, 1.82) is 0 Å². The Balaban J connectivity index is 1.55. The van der Waals surface area contributed by atoms with Crippen LogP contribution in [0.4, 0.5) is 5.69 Å². The summed E-state index contributed by atoms with van der Waals surface area (Å²) in [5.74, 6) is 0.337. The molecule has 27 heavy (non-hydrogen) atoms. The van der Waals surface area contributed by atoms with Gasteiger partial charge in [0.2, 0.25) is 0 Å². The SMILES string of the molecule is CCc1ccccc1NC(C(=O)O[C@H]1CN2CCC1CC2)c1ccccc1. The lowest BCUT2D eigenvalue weighted by molar-refractivity contribution is -0.159. The van der Waals surface area contributed by atoms with Gasteiger partial charge in [-0.2, -0.15) is 0 Å². The van der Waals surface area contributed by atoms with Crippen LogP contribution >= 0.6 is 0 Å². The van der Waals surface area contributed by atoms with Crippen molar-refractivity contribution in [3.63, 3.8) is 0 Å². The topological polar surface area (TPSA) is 41.6 Å².